The van der Waals surface area contributed by atoms with Gasteiger partial charge in [-0.05, 0) is 37.3 Å². The Balaban J connectivity index is 1.63. The number of carboxylic acids is 1. The van der Waals surface area contributed by atoms with E-state index in [0.717, 1.165) is 31.4 Å². The number of amides is 1. The molecule has 0 unspecified atom stereocenters. The van der Waals surface area contributed by atoms with Crippen molar-refractivity contribution in [2.45, 2.75) is 44.2 Å². The number of carbonyl (C=O) groups is 2. The maximum absolute atomic E-state index is 13.1. The lowest BCUT2D eigenvalue weighted by atomic mass is 9.84. The summed E-state index contributed by atoms with van der Waals surface area (Å²) in [6.45, 7) is 0. The van der Waals surface area contributed by atoms with Gasteiger partial charge in [-0.15, -0.1) is 0 Å². The van der Waals surface area contributed by atoms with Crippen LogP contribution >= 0.6 is 0 Å². The summed E-state index contributed by atoms with van der Waals surface area (Å²) in [5.41, 5.74) is 1.31. The van der Waals surface area contributed by atoms with Crippen molar-refractivity contribution in [1.82, 2.24) is 14.7 Å². The molecule has 2 aromatic rings. The molecule has 0 radical (unpaired) electrons. The van der Waals surface area contributed by atoms with Gasteiger partial charge in [0.1, 0.15) is 6.04 Å². The molecule has 2 aliphatic rings. The van der Waals surface area contributed by atoms with Crippen molar-refractivity contribution >= 4 is 11.9 Å². The molecule has 6 nitrogen and oxygen atoms in total. The zero-order valence-electron chi connectivity index (χ0n) is 13.9. The van der Waals surface area contributed by atoms with Gasteiger partial charge in [-0.25, -0.2) is 9.48 Å². The fourth-order valence-corrected chi connectivity index (χ4v) is 4.28. The molecule has 6 heteroatoms. The molecular formula is C19H21N3O3. The van der Waals surface area contributed by atoms with E-state index in [1.807, 2.05) is 30.3 Å². The van der Waals surface area contributed by atoms with Gasteiger partial charge >= 0.3 is 5.97 Å². The lowest BCUT2D eigenvalue weighted by Gasteiger charge is -2.32. The number of nitrogens with zero attached hydrogens (tertiary/aromatic N) is 3. The molecule has 1 saturated carbocycles. The Labute approximate surface area is 146 Å². The number of likely N-dealkylation sites (tertiary alicyclic amines) is 1. The predicted octanol–water partition coefficient (Wildman–Crippen LogP) is 2.73. The average Bonchev–Trinajstić information content (AvgIpc) is 3.27. The highest BCUT2D eigenvalue weighted by Gasteiger charge is 2.47. The quantitative estimate of drug-likeness (QED) is 0.933. The first-order valence-corrected chi connectivity index (χ1v) is 8.80. The van der Waals surface area contributed by atoms with Crippen LogP contribution in [0.3, 0.4) is 0 Å². The largest absolute Gasteiger partial charge is 0.480 e. The van der Waals surface area contributed by atoms with Gasteiger partial charge in [-0.1, -0.05) is 31.0 Å². The van der Waals surface area contributed by atoms with Crippen LogP contribution in [-0.4, -0.2) is 43.7 Å². The van der Waals surface area contributed by atoms with Crippen molar-refractivity contribution in [3.63, 3.8) is 0 Å². The molecule has 1 N–H and O–H groups in total. The molecule has 1 saturated heterocycles. The Morgan fingerprint density at radius 1 is 1.12 bits per heavy atom. The number of fused-ring (bicyclic) bond motifs is 1. The molecule has 2 fully saturated rings. The van der Waals surface area contributed by atoms with E-state index in [0.29, 0.717) is 17.9 Å². The average molecular weight is 339 g/mol. The van der Waals surface area contributed by atoms with E-state index in [1.54, 1.807) is 15.8 Å². The van der Waals surface area contributed by atoms with Crippen LogP contribution in [0.2, 0.25) is 0 Å². The number of aromatic nitrogens is 2. The molecule has 0 spiro atoms. The van der Waals surface area contributed by atoms with Crippen molar-refractivity contribution in [2.75, 3.05) is 0 Å². The van der Waals surface area contributed by atoms with Crippen molar-refractivity contribution in [2.24, 2.45) is 5.92 Å². The summed E-state index contributed by atoms with van der Waals surface area (Å²) in [4.78, 5) is 26.4. The van der Waals surface area contributed by atoms with Crippen LogP contribution in [-0.2, 0) is 4.79 Å². The Hall–Kier alpha value is -2.63. The minimum Gasteiger partial charge on any atom is -0.480 e. The van der Waals surface area contributed by atoms with Gasteiger partial charge in [-0.2, -0.15) is 5.10 Å². The molecule has 1 aliphatic heterocycles. The summed E-state index contributed by atoms with van der Waals surface area (Å²) in [7, 11) is 0. The Kier molecular flexibility index (Phi) is 4.03. The Bertz CT molecular complexity index is 786. The third kappa shape index (κ3) is 2.81. The van der Waals surface area contributed by atoms with E-state index in [-0.39, 0.29) is 11.9 Å². The third-order valence-electron chi connectivity index (χ3n) is 5.46. The van der Waals surface area contributed by atoms with Crippen LogP contribution < -0.4 is 0 Å². The number of rotatable bonds is 3. The normalized spacial score (nSPS) is 25.6. The monoisotopic (exact) mass is 339 g/mol. The summed E-state index contributed by atoms with van der Waals surface area (Å²) in [5, 5.41) is 13.9. The molecule has 1 amide bonds. The number of hydrogen-bond donors (Lipinski definition) is 1. The van der Waals surface area contributed by atoms with E-state index < -0.39 is 12.0 Å². The van der Waals surface area contributed by atoms with Crippen molar-refractivity contribution in [3.05, 3.63) is 48.3 Å². The summed E-state index contributed by atoms with van der Waals surface area (Å²) in [6.07, 6.45) is 7.88. The van der Waals surface area contributed by atoms with Gasteiger partial charge in [0.2, 0.25) is 0 Å². The number of carbonyl (C=O) groups excluding carboxylic acids is 1. The Morgan fingerprint density at radius 3 is 2.64 bits per heavy atom. The number of para-hydroxylation sites is 1. The van der Waals surface area contributed by atoms with Crippen molar-refractivity contribution < 1.29 is 14.7 Å². The highest BCUT2D eigenvalue weighted by Crippen LogP contribution is 2.40. The zero-order chi connectivity index (χ0) is 17.4. The summed E-state index contributed by atoms with van der Waals surface area (Å²) >= 11 is 0. The van der Waals surface area contributed by atoms with Gasteiger partial charge in [0.15, 0.2) is 0 Å². The van der Waals surface area contributed by atoms with E-state index in [2.05, 4.69) is 5.10 Å². The molecule has 1 aliphatic carbocycles. The van der Waals surface area contributed by atoms with E-state index in [9.17, 15) is 14.7 Å². The highest BCUT2D eigenvalue weighted by atomic mass is 16.4. The van der Waals surface area contributed by atoms with Crippen LogP contribution in [0.25, 0.3) is 5.69 Å². The maximum atomic E-state index is 13.1. The molecule has 2 heterocycles. The first-order chi connectivity index (χ1) is 12.1. The number of aliphatic carboxylic acids is 1. The van der Waals surface area contributed by atoms with Gasteiger partial charge < -0.3 is 10.0 Å². The van der Waals surface area contributed by atoms with E-state index in [4.69, 9.17) is 0 Å². The fraction of sp³-hybridized carbons (Fsp3) is 0.421. The van der Waals surface area contributed by atoms with Gasteiger partial charge in [0.25, 0.3) is 5.91 Å². The van der Waals surface area contributed by atoms with Crippen LogP contribution in [0.1, 0.15) is 42.5 Å². The molecule has 130 valence electrons. The van der Waals surface area contributed by atoms with Crippen LogP contribution in [0.5, 0.6) is 0 Å². The van der Waals surface area contributed by atoms with Gasteiger partial charge in [0, 0.05) is 12.2 Å². The van der Waals surface area contributed by atoms with Crippen LogP contribution in [0.4, 0.5) is 0 Å². The molecule has 1 aromatic heterocycles. The minimum atomic E-state index is -0.904. The predicted molar refractivity (Wildman–Crippen MR) is 91.5 cm³/mol. The molecule has 0 bridgehead atoms. The second-order valence-electron chi connectivity index (χ2n) is 6.92. The SMILES string of the molecule is O=C(O)[C@@H]1C[C@@H]2CCCC[C@@H]2N1C(=O)c1cnn(-c2ccccc2)c1. The van der Waals surface area contributed by atoms with Gasteiger partial charge in [-0.3, -0.25) is 4.79 Å². The summed E-state index contributed by atoms with van der Waals surface area (Å²) in [5.74, 6) is -0.815. The standard InChI is InChI=1S/C19H21N3O3/c23-18(14-11-20-21(12-14)15-7-2-1-3-8-15)22-16-9-5-4-6-13(16)10-17(22)19(24)25/h1-3,7-8,11-13,16-17H,4-6,9-10H2,(H,24,25)/t13-,16-,17-/m0/s1. The molecule has 1 aromatic carbocycles. The topological polar surface area (TPSA) is 75.4 Å². The molecule has 25 heavy (non-hydrogen) atoms. The van der Waals surface area contributed by atoms with E-state index in [1.165, 1.54) is 6.20 Å². The zero-order valence-corrected chi connectivity index (χ0v) is 13.9. The third-order valence-corrected chi connectivity index (χ3v) is 5.46. The first-order valence-electron chi connectivity index (χ1n) is 8.80. The van der Waals surface area contributed by atoms with E-state index >= 15 is 0 Å². The number of hydrogen-bond acceptors (Lipinski definition) is 3. The smallest absolute Gasteiger partial charge is 0.326 e. The second-order valence-corrected chi connectivity index (χ2v) is 6.92. The Morgan fingerprint density at radius 2 is 1.88 bits per heavy atom. The summed E-state index contributed by atoms with van der Waals surface area (Å²) in [6, 6.07) is 8.88. The number of benzene rings is 1. The minimum absolute atomic E-state index is 0.0439. The van der Waals surface area contributed by atoms with Gasteiger partial charge in [0.05, 0.1) is 17.4 Å². The molecule has 3 atom stereocenters. The fourth-order valence-electron chi connectivity index (χ4n) is 4.28. The second kappa shape index (κ2) is 6.35. The molecule has 4 rings (SSSR count). The van der Waals surface area contributed by atoms with Crippen molar-refractivity contribution in [3.8, 4) is 5.69 Å². The van der Waals surface area contributed by atoms with Crippen LogP contribution in [0, 0.1) is 5.92 Å². The molecular weight excluding hydrogens is 318 g/mol. The lowest BCUT2D eigenvalue weighted by molar-refractivity contribution is -0.141. The van der Waals surface area contributed by atoms with Crippen LogP contribution in [0.15, 0.2) is 42.7 Å². The lowest BCUT2D eigenvalue weighted by Crippen LogP contribution is -2.46. The highest BCUT2D eigenvalue weighted by molar-refractivity contribution is 5.97. The number of carboxylic acid groups (broad SMARTS) is 1. The summed E-state index contributed by atoms with van der Waals surface area (Å²) < 4.78 is 1.65. The first kappa shape index (κ1) is 15.9. The van der Waals surface area contributed by atoms with Crippen molar-refractivity contribution in [1.29, 1.82) is 0 Å². The maximum Gasteiger partial charge on any atom is 0.326 e.